The maximum absolute atomic E-state index is 10.6. The van der Waals surface area contributed by atoms with E-state index in [1.807, 2.05) is 0 Å². The standard InChI is InChI=1S/C8H6N2O2/c1-5-3-2-4-6(10-9)7(5)8(11)12/h2-4H,1H3/p+1. The Balaban J connectivity index is 3.42. The Kier molecular flexibility index (Phi) is 2.06. The van der Waals surface area contributed by atoms with Crippen LogP contribution in [0.25, 0.3) is 4.98 Å². The largest absolute Gasteiger partial charge is 0.477 e. The number of carboxylic acid groups (broad SMARTS) is 1. The fraction of sp³-hybridized carbons (Fsp3) is 0.125. The number of carboxylic acids is 1. The lowest BCUT2D eigenvalue weighted by atomic mass is 10.1. The van der Waals surface area contributed by atoms with E-state index in [-0.39, 0.29) is 11.3 Å². The maximum Gasteiger partial charge on any atom is 0.399 e. The molecule has 1 rings (SSSR count). The lowest BCUT2D eigenvalue weighted by Gasteiger charge is -1.93. The van der Waals surface area contributed by atoms with Crippen molar-refractivity contribution in [3.05, 3.63) is 34.3 Å². The highest BCUT2D eigenvalue weighted by Gasteiger charge is 2.21. The van der Waals surface area contributed by atoms with Gasteiger partial charge in [-0.05, 0) is 12.5 Å². The van der Waals surface area contributed by atoms with Crippen molar-refractivity contribution in [2.45, 2.75) is 6.92 Å². The summed E-state index contributed by atoms with van der Waals surface area (Å²) in [4.78, 5) is 13.5. The van der Waals surface area contributed by atoms with Gasteiger partial charge < -0.3 is 5.11 Å². The van der Waals surface area contributed by atoms with Crippen molar-refractivity contribution < 1.29 is 9.90 Å². The van der Waals surface area contributed by atoms with Crippen LogP contribution in [-0.4, -0.2) is 11.1 Å². The van der Waals surface area contributed by atoms with E-state index in [0.29, 0.717) is 5.56 Å². The molecule has 0 saturated carbocycles. The Morgan fingerprint density at radius 3 is 2.67 bits per heavy atom. The van der Waals surface area contributed by atoms with E-state index in [9.17, 15) is 4.79 Å². The topological polar surface area (TPSA) is 65.5 Å². The Hall–Kier alpha value is -1.89. The fourth-order valence-corrected chi connectivity index (χ4v) is 1.01. The molecule has 0 aliphatic carbocycles. The highest BCUT2D eigenvalue weighted by Crippen LogP contribution is 2.21. The fourth-order valence-electron chi connectivity index (χ4n) is 1.01. The zero-order valence-corrected chi connectivity index (χ0v) is 6.48. The Morgan fingerprint density at radius 1 is 1.58 bits per heavy atom. The summed E-state index contributed by atoms with van der Waals surface area (Å²) in [5, 5.41) is 17.2. The number of diazo groups is 1. The molecule has 0 spiro atoms. The van der Waals surface area contributed by atoms with Crippen molar-refractivity contribution in [1.82, 2.24) is 0 Å². The van der Waals surface area contributed by atoms with Crippen LogP contribution in [-0.2, 0) is 0 Å². The summed E-state index contributed by atoms with van der Waals surface area (Å²) in [6, 6.07) is 4.73. The molecule has 0 radical (unpaired) electrons. The van der Waals surface area contributed by atoms with Crippen LogP contribution in [0.5, 0.6) is 0 Å². The second-order valence-electron chi connectivity index (χ2n) is 2.37. The second kappa shape index (κ2) is 3.01. The summed E-state index contributed by atoms with van der Waals surface area (Å²) in [5.74, 6) is -1.08. The van der Waals surface area contributed by atoms with E-state index in [1.165, 1.54) is 6.07 Å². The Labute approximate surface area is 69.1 Å². The average molecular weight is 163 g/mol. The predicted molar refractivity (Wildman–Crippen MR) is 42.9 cm³/mol. The van der Waals surface area contributed by atoms with Gasteiger partial charge in [-0.3, -0.25) is 0 Å². The number of nitrogens with zero attached hydrogens (tertiary/aromatic N) is 2. The SMILES string of the molecule is Cc1cccc([N+]#N)c1C(=O)O. The molecule has 0 aliphatic heterocycles. The molecular weight excluding hydrogens is 156 g/mol. The third-order valence-electron chi connectivity index (χ3n) is 1.57. The molecule has 0 amide bonds. The molecule has 1 N–H and O–H groups in total. The third kappa shape index (κ3) is 1.25. The highest BCUT2D eigenvalue weighted by atomic mass is 16.4. The molecular formula is C8H7N2O2+. The van der Waals surface area contributed by atoms with Gasteiger partial charge in [0.05, 0.1) is 0 Å². The van der Waals surface area contributed by atoms with Crippen molar-refractivity contribution in [3.8, 4) is 0 Å². The van der Waals surface area contributed by atoms with Gasteiger partial charge in [-0.1, -0.05) is 12.1 Å². The van der Waals surface area contributed by atoms with Crippen LogP contribution in [0.2, 0.25) is 0 Å². The Bertz CT molecular complexity index is 366. The number of rotatable bonds is 1. The molecule has 0 fully saturated rings. The van der Waals surface area contributed by atoms with Gasteiger partial charge in [0.15, 0.2) is 10.5 Å². The third-order valence-corrected chi connectivity index (χ3v) is 1.57. The number of hydrogen-bond acceptors (Lipinski definition) is 2. The van der Waals surface area contributed by atoms with E-state index in [1.54, 1.807) is 19.1 Å². The first-order chi connectivity index (χ1) is 5.66. The lowest BCUT2D eigenvalue weighted by molar-refractivity contribution is 0.0697. The van der Waals surface area contributed by atoms with Crippen LogP contribution in [0.4, 0.5) is 5.69 Å². The zero-order valence-electron chi connectivity index (χ0n) is 6.48. The first kappa shape index (κ1) is 8.21. The van der Waals surface area contributed by atoms with Gasteiger partial charge >= 0.3 is 11.7 Å². The zero-order chi connectivity index (χ0) is 9.14. The van der Waals surface area contributed by atoms with Crippen LogP contribution >= 0.6 is 0 Å². The van der Waals surface area contributed by atoms with E-state index in [2.05, 4.69) is 4.98 Å². The smallest absolute Gasteiger partial charge is 0.399 e. The predicted octanol–water partition coefficient (Wildman–Crippen LogP) is 2.18. The molecule has 1 aromatic rings. The second-order valence-corrected chi connectivity index (χ2v) is 2.37. The molecule has 4 nitrogen and oxygen atoms in total. The summed E-state index contributed by atoms with van der Waals surface area (Å²) < 4.78 is 0. The molecule has 0 heterocycles. The van der Waals surface area contributed by atoms with E-state index in [4.69, 9.17) is 10.5 Å². The average Bonchev–Trinajstić information content (AvgIpc) is 2.03. The number of aryl methyl sites for hydroxylation is 1. The van der Waals surface area contributed by atoms with Gasteiger partial charge in [-0.2, -0.15) is 0 Å². The number of hydrogen-bond donors (Lipinski definition) is 1. The molecule has 12 heavy (non-hydrogen) atoms. The molecule has 0 unspecified atom stereocenters. The molecule has 0 bridgehead atoms. The number of aromatic carboxylic acids is 1. The minimum Gasteiger partial charge on any atom is -0.477 e. The monoisotopic (exact) mass is 163 g/mol. The van der Waals surface area contributed by atoms with Gasteiger partial charge in [0.2, 0.25) is 5.39 Å². The van der Waals surface area contributed by atoms with Crippen LogP contribution in [0.15, 0.2) is 18.2 Å². The van der Waals surface area contributed by atoms with Gasteiger partial charge in [0.25, 0.3) is 0 Å². The first-order valence-electron chi connectivity index (χ1n) is 3.35. The molecule has 0 aromatic heterocycles. The van der Waals surface area contributed by atoms with Crippen LogP contribution in [0, 0.1) is 12.3 Å². The summed E-state index contributed by atoms with van der Waals surface area (Å²) in [7, 11) is 0. The summed E-state index contributed by atoms with van der Waals surface area (Å²) in [5.41, 5.74) is 0.709. The molecule has 0 aliphatic rings. The minimum absolute atomic E-state index is 0.0417. The number of benzene rings is 1. The van der Waals surface area contributed by atoms with Crippen molar-refractivity contribution in [1.29, 1.82) is 5.39 Å². The van der Waals surface area contributed by atoms with E-state index < -0.39 is 5.97 Å². The van der Waals surface area contributed by atoms with Crippen molar-refractivity contribution in [2.75, 3.05) is 0 Å². The molecule has 0 saturated heterocycles. The van der Waals surface area contributed by atoms with Crippen molar-refractivity contribution >= 4 is 11.7 Å². The quantitative estimate of drug-likeness (QED) is 0.645. The Morgan fingerprint density at radius 2 is 2.25 bits per heavy atom. The molecule has 60 valence electrons. The highest BCUT2D eigenvalue weighted by molar-refractivity contribution is 5.95. The van der Waals surface area contributed by atoms with Crippen molar-refractivity contribution in [3.63, 3.8) is 0 Å². The normalized spacial score (nSPS) is 9.00. The molecule has 4 heteroatoms. The van der Waals surface area contributed by atoms with Crippen LogP contribution in [0.3, 0.4) is 0 Å². The van der Waals surface area contributed by atoms with E-state index in [0.717, 1.165) is 0 Å². The van der Waals surface area contributed by atoms with Gasteiger partial charge in [-0.15, -0.1) is 0 Å². The summed E-state index contributed by atoms with van der Waals surface area (Å²) >= 11 is 0. The number of carbonyl (C=O) groups is 1. The summed E-state index contributed by atoms with van der Waals surface area (Å²) in [6.45, 7) is 1.65. The first-order valence-corrected chi connectivity index (χ1v) is 3.35. The van der Waals surface area contributed by atoms with Gasteiger partial charge in [0, 0.05) is 6.07 Å². The van der Waals surface area contributed by atoms with Crippen LogP contribution < -0.4 is 0 Å². The lowest BCUT2D eigenvalue weighted by Crippen LogP contribution is -1.99. The maximum atomic E-state index is 10.6. The van der Waals surface area contributed by atoms with E-state index >= 15 is 0 Å². The van der Waals surface area contributed by atoms with Crippen molar-refractivity contribution in [2.24, 2.45) is 0 Å². The minimum atomic E-state index is -1.08. The molecule has 0 atom stereocenters. The van der Waals surface area contributed by atoms with Gasteiger partial charge in [-0.25, -0.2) is 4.79 Å². The van der Waals surface area contributed by atoms with Gasteiger partial charge in [0.1, 0.15) is 0 Å². The summed E-state index contributed by atoms with van der Waals surface area (Å²) in [6.07, 6.45) is 0. The molecule has 1 aromatic carbocycles. The van der Waals surface area contributed by atoms with Crippen LogP contribution in [0.1, 0.15) is 15.9 Å².